The second-order valence-electron chi connectivity index (χ2n) is 7.64. The Morgan fingerprint density at radius 3 is 2.72 bits per heavy atom. The van der Waals surface area contributed by atoms with Gasteiger partial charge >= 0.3 is 0 Å². The van der Waals surface area contributed by atoms with Gasteiger partial charge in [-0.15, -0.1) is 0 Å². The van der Waals surface area contributed by atoms with Crippen LogP contribution in [-0.4, -0.2) is 39.2 Å². The number of amides is 1. The molecule has 7 nitrogen and oxygen atoms in total. The molecular formula is C18H29N5O2. The van der Waals surface area contributed by atoms with E-state index in [0.29, 0.717) is 36.1 Å². The minimum Gasteiger partial charge on any atom is -0.393 e. The van der Waals surface area contributed by atoms with E-state index in [9.17, 15) is 9.90 Å². The van der Waals surface area contributed by atoms with Crippen molar-refractivity contribution in [1.82, 2.24) is 9.97 Å². The molecule has 3 rings (SSSR count). The Kier molecular flexibility index (Phi) is 5.42. The summed E-state index contributed by atoms with van der Waals surface area (Å²) in [6, 6.07) is 0.384. The largest absolute Gasteiger partial charge is 0.393 e. The summed E-state index contributed by atoms with van der Waals surface area (Å²) in [5.74, 6) is 1.38. The summed E-state index contributed by atoms with van der Waals surface area (Å²) in [4.78, 5) is 20.5. The molecule has 1 aromatic heterocycles. The van der Waals surface area contributed by atoms with Gasteiger partial charge in [-0.2, -0.15) is 4.98 Å². The smallest absolute Gasteiger partial charge is 0.254 e. The summed E-state index contributed by atoms with van der Waals surface area (Å²) in [6.45, 7) is 4.20. The average Bonchev–Trinajstić information content (AvgIpc) is 2.49. The van der Waals surface area contributed by atoms with Crippen molar-refractivity contribution >= 4 is 17.7 Å². The van der Waals surface area contributed by atoms with E-state index in [1.54, 1.807) is 0 Å². The third kappa shape index (κ3) is 4.21. The van der Waals surface area contributed by atoms with E-state index >= 15 is 0 Å². The fraction of sp³-hybridized carbons (Fsp3) is 0.722. The SMILES string of the molecule is C[C@@H]1CC[C@@H](Nc2nc(N[C@H](C)C3CCC3)ncc2C(N)=O)C[C@H]1O. The Bertz CT molecular complexity index is 619. The molecule has 0 bridgehead atoms. The number of carbonyl (C=O) groups excluding carboxylic acids is 1. The number of aliphatic hydroxyl groups is 1. The first kappa shape index (κ1) is 17.9. The van der Waals surface area contributed by atoms with Crippen LogP contribution < -0.4 is 16.4 Å². The number of primary amides is 1. The van der Waals surface area contributed by atoms with Gasteiger partial charge in [-0.1, -0.05) is 13.3 Å². The molecule has 1 amide bonds. The van der Waals surface area contributed by atoms with Gasteiger partial charge in [-0.05, 0) is 50.9 Å². The number of aromatic nitrogens is 2. The summed E-state index contributed by atoms with van der Waals surface area (Å²) < 4.78 is 0. The van der Waals surface area contributed by atoms with E-state index in [-0.39, 0.29) is 17.7 Å². The maximum absolute atomic E-state index is 11.7. The average molecular weight is 347 g/mol. The molecule has 2 fully saturated rings. The summed E-state index contributed by atoms with van der Waals surface area (Å²) in [5, 5.41) is 16.7. The van der Waals surface area contributed by atoms with Crippen molar-refractivity contribution in [2.45, 2.75) is 70.6 Å². The molecule has 2 aliphatic rings. The monoisotopic (exact) mass is 347 g/mol. The lowest BCUT2D eigenvalue weighted by atomic mass is 9.80. The highest BCUT2D eigenvalue weighted by Crippen LogP contribution is 2.31. The lowest BCUT2D eigenvalue weighted by molar-refractivity contribution is 0.0739. The summed E-state index contributed by atoms with van der Waals surface area (Å²) in [5.41, 5.74) is 5.76. The second-order valence-corrected chi connectivity index (χ2v) is 7.64. The molecule has 0 saturated heterocycles. The van der Waals surface area contributed by atoms with Crippen molar-refractivity contribution < 1.29 is 9.90 Å². The topological polar surface area (TPSA) is 113 Å². The number of anilines is 2. The Morgan fingerprint density at radius 1 is 1.36 bits per heavy atom. The molecule has 2 aliphatic carbocycles. The standard InChI is InChI=1S/C18H29N5O2/c1-10-6-7-13(8-15(10)24)22-17-14(16(19)25)9-20-18(23-17)21-11(2)12-4-3-5-12/h9-13,15,24H,3-8H2,1-2H3,(H2,19,25)(H2,20,21,22,23)/t10-,11-,13-,15-/m1/s1. The first-order valence-corrected chi connectivity index (χ1v) is 9.32. The Labute approximate surface area is 148 Å². The van der Waals surface area contributed by atoms with Gasteiger partial charge in [-0.3, -0.25) is 4.79 Å². The van der Waals surface area contributed by atoms with Crippen LogP contribution >= 0.6 is 0 Å². The highest BCUT2D eigenvalue weighted by Gasteiger charge is 2.28. The Hall–Kier alpha value is -1.89. The zero-order valence-electron chi connectivity index (χ0n) is 15.0. The first-order chi connectivity index (χ1) is 11.9. The quantitative estimate of drug-likeness (QED) is 0.627. The Balaban J connectivity index is 1.73. The molecule has 5 N–H and O–H groups in total. The van der Waals surface area contributed by atoms with Crippen molar-refractivity contribution in [1.29, 1.82) is 0 Å². The van der Waals surface area contributed by atoms with Gasteiger partial charge in [0.25, 0.3) is 5.91 Å². The number of hydrogen-bond acceptors (Lipinski definition) is 6. The zero-order chi connectivity index (χ0) is 18.0. The maximum atomic E-state index is 11.7. The van der Waals surface area contributed by atoms with Gasteiger partial charge in [0.05, 0.1) is 11.7 Å². The van der Waals surface area contributed by atoms with Gasteiger partial charge in [0, 0.05) is 18.3 Å². The molecule has 0 aromatic carbocycles. The van der Waals surface area contributed by atoms with Crippen LogP contribution in [0.1, 0.15) is 62.7 Å². The summed E-state index contributed by atoms with van der Waals surface area (Å²) in [6.07, 6.45) is 7.42. The first-order valence-electron chi connectivity index (χ1n) is 9.32. The molecule has 7 heteroatoms. The molecule has 2 saturated carbocycles. The molecule has 138 valence electrons. The number of nitrogens with zero attached hydrogens (tertiary/aromatic N) is 2. The van der Waals surface area contributed by atoms with E-state index in [1.807, 2.05) is 0 Å². The Morgan fingerprint density at radius 2 is 2.12 bits per heavy atom. The second kappa shape index (κ2) is 7.56. The molecular weight excluding hydrogens is 318 g/mol. The molecule has 0 spiro atoms. The number of nitrogens with one attached hydrogen (secondary N) is 2. The minimum absolute atomic E-state index is 0.0797. The van der Waals surface area contributed by atoms with Gasteiger partial charge in [0.2, 0.25) is 5.95 Å². The van der Waals surface area contributed by atoms with E-state index in [1.165, 1.54) is 25.5 Å². The molecule has 1 aromatic rings. The van der Waals surface area contributed by atoms with Gasteiger partial charge < -0.3 is 21.5 Å². The van der Waals surface area contributed by atoms with Crippen LogP contribution in [0.4, 0.5) is 11.8 Å². The maximum Gasteiger partial charge on any atom is 0.254 e. The molecule has 0 unspecified atom stereocenters. The molecule has 4 atom stereocenters. The third-order valence-corrected chi connectivity index (χ3v) is 5.76. The molecule has 1 heterocycles. The summed E-state index contributed by atoms with van der Waals surface area (Å²) >= 11 is 0. The fourth-order valence-electron chi connectivity index (χ4n) is 3.63. The van der Waals surface area contributed by atoms with Crippen LogP contribution in [0, 0.1) is 11.8 Å². The number of rotatable bonds is 6. The van der Waals surface area contributed by atoms with Gasteiger partial charge in [0.15, 0.2) is 0 Å². The normalized spacial score (nSPS) is 28.0. The van der Waals surface area contributed by atoms with E-state index in [4.69, 9.17) is 5.73 Å². The van der Waals surface area contributed by atoms with Crippen LogP contribution in [-0.2, 0) is 0 Å². The van der Waals surface area contributed by atoms with Crippen LogP contribution in [0.3, 0.4) is 0 Å². The highest BCUT2D eigenvalue weighted by molar-refractivity contribution is 5.97. The van der Waals surface area contributed by atoms with Gasteiger partial charge in [0.1, 0.15) is 5.82 Å². The van der Waals surface area contributed by atoms with Crippen molar-refractivity contribution in [3.63, 3.8) is 0 Å². The predicted molar refractivity (Wildman–Crippen MR) is 97.4 cm³/mol. The van der Waals surface area contributed by atoms with Crippen LogP contribution in [0.15, 0.2) is 6.20 Å². The highest BCUT2D eigenvalue weighted by atomic mass is 16.3. The third-order valence-electron chi connectivity index (χ3n) is 5.76. The van der Waals surface area contributed by atoms with E-state index < -0.39 is 5.91 Å². The number of aliphatic hydroxyl groups excluding tert-OH is 1. The van der Waals surface area contributed by atoms with E-state index in [2.05, 4.69) is 34.4 Å². The van der Waals surface area contributed by atoms with Crippen LogP contribution in [0.25, 0.3) is 0 Å². The number of nitrogens with two attached hydrogens (primary N) is 1. The van der Waals surface area contributed by atoms with Gasteiger partial charge in [-0.25, -0.2) is 4.98 Å². The number of carbonyl (C=O) groups is 1. The molecule has 25 heavy (non-hydrogen) atoms. The lowest BCUT2D eigenvalue weighted by Gasteiger charge is -2.33. The fourth-order valence-corrected chi connectivity index (χ4v) is 3.63. The number of hydrogen-bond donors (Lipinski definition) is 4. The minimum atomic E-state index is -0.550. The summed E-state index contributed by atoms with van der Waals surface area (Å²) in [7, 11) is 0. The van der Waals surface area contributed by atoms with Crippen molar-refractivity contribution in [2.75, 3.05) is 10.6 Å². The lowest BCUT2D eigenvalue weighted by Crippen LogP contribution is -2.36. The predicted octanol–water partition coefficient (Wildman–Crippen LogP) is 2.14. The van der Waals surface area contributed by atoms with Crippen molar-refractivity contribution in [3.8, 4) is 0 Å². The van der Waals surface area contributed by atoms with Crippen molar-refractivity contribution in [3.05, 3.63) is 11.8 Å². The van der Waals surface area contributed by atoms with E-state index in [0.717, 1.165) is 12.8 Å². The molecule has 0 aliphatic heterocycles. The van der Waals surface area contributed by atoms with Crippen LogP contribution in [0.2, 0.25) is 0 Å². The zero-order valence-corrected chi connectivity index (χ0v) is 15.0. The van der Waals surface area contributed by atoms with Crippen molar-refractivity contribution in [2.24, 2.45) is 17.6 Å². The molecule has 0 radical (unpaired) electrons. The van der Waals surface area contributed by atoms with Crippen LogP contribution in [0.5, 0.6) is 0 Å².